The second kappa shape index (κ2) is 9.25. The molecule has 0 bridgehead atoms. The number of carbonyl (C=O) groups excluding carboxylic acids is 3. The van der Waals surface area contributed by atoms with Gasteiger partial charge in [-0.1, -0.05) is 7.43 Å². The van der Waals surface area contributed by atoms with Crippen LogP contribution in [0.2, 0.25) is 0 Å². The van der Waals surface area contributed by atoms with Crippen LogP contribution in [0.1, 0.15) is 7.43 Å². The maximum absolute atomic E-state index is 11.2. The minimum Gasteiger partial charge on any atom is -0.467 e. The second-order valence-corrected chi connectivity index (χ2v) is 2.58. The highest BCUT2D eigenvalue weighted by Gasteiger charge is 2.22. The Morgan fingerprint density at radius 1 is 1.00 bits per heavy atom. The number of alkyl carbamates (subject to hydrolysis) is 2. The number of hydrogen-bond donors (Lipinski definition) is 2. The molecule has 0 aliphatic carbocycles. The van der Waals surface area contributed by atoms with E-state index < -0.39 is 24.2 Å². The summed E-state index contributed by atoms with van der Waals surface area (Å²) in [5.41, 5.74) is 0. The van der Waals surface area contributed by atoms with E-state index >= 15 is 0 Å². The quantitative estimate of drug-likeness (QED) is 0.532. The fourth-order valence-electron chi connectivity index (χ4n) is 0.794. The maximum Gasteiger partial charge on any atom is 0.407 e. The lowest BCUT2D eigenvalue weighted by Crippen LogP contribution is -2.48. The summed E-state index contributed by atoms with van der Waals surface area (Å²) in [4.78, 5) is 32.8. The Balaban J connectivity index is 0. The smallest absolute Gasteiger partial charge is 0.407 e. The van der Waals surface area contributed by atoms with Gasteiger partial charge in [0.05, 0.1) is 27.9 Å². The van der Waals surface area contributed by atoms with Gasteiger partial charge in [-0.3, -0.25) is 0 Å². The minimum atomic E-state index is -1.03. The van der Waals surface area contributed by atoms with Crippen LogP contribution in [0.4, 0.5) is 9.59 Å². The van der Waals surface area contributed by atoms with Gasteiger partial charge in [-0.25, -0.2) is 14.4 Å². The van der Waals surface area contributed by atoms with Crippen molar-refractivity contribution < 1.29 is 28.6 Å². The van der Waals surface area contributed by atoms with Gasteiger partial charge in [0.1, 0.15) is 6.04 Å². The number of hydrogen-bond acceptors (Lipinski definition) is 6. The standard InChI is InChI=1S/C8H14N2O6.CH4/c1-14-6(11)5(10-8(13)16-3)4-9-7(12)15-2;/h5H,4H2,1-3H3,(H,9,12)(H,10,13);1H4. The number of ether oxygens (including phenoxy) is 3. The molecular formula is C9H18N2O6. The Morgan fingerprint density at radius 3 is 1.94 bits per heavy atom. The predicted molar refractivity (Wildman–Crippen MR) is 58.5 cm³/mol. The van der Waals surface area contributed by atoms with Crippen molar-refractivity contribution in [3.8, 4) is 0 Å². The van der Waals surface area contributed by atoms with Crippen molar-refractivity contribution in [1.29, 1.82) is 0 Å². The highest BCUT2D eigenvalue weighted by Crippen LogP contribution is 1.89. The summed E-state index contributed by atoms with van der Waals surface area (Å²) in [7, 11) is 3.49. The summed E-state index contributed by atoms with van der Waals surface area (Å²) in [6.07, 6.45) is -1.53. The summed E-state index contributed by atoms with van der Waals surface area (Å²) in [5, 5.41) is 4.44. The molecule has 0 aromatic heterocycles. The van der Waals surface area contributed by atoms with Crippen LogP contribution in [0.25, 0.3) is 0 Å². The first-order valence-electron chi connectivity index (χ1n) is 4.29. The van der Waals surface area contributed by atoms with Gasteiger partial charge in [-0.2, -0.15) is 0 Å². The lowest BCUT2D eigenvalue weighted by atomic mass is 10.3. The Kier molecular flexibility index (Phi) is 9.47. The maximum atomic E-state index is 11.2. The molecule has 0 fully saturated rings. The van der Waals surface area contributed by atoms with Crippen LogP contribution >= 0.6 is 0 Å². The van der Waals surface area contributed by atoms with Crippen molar-refractivity contribution in [3.63, 3.8) is 0 Å². The van der Waals surface area contributed by atoms with Crippen LogP contribution in [0.3, 0.4) is 0 Å². The number of carbonyl (C=O) groups is 3. The van der Waals surface area contributed by atoms with Crippen molar-refractivity contribution in [2.75, 3.05) is 27.9 Å². The van der Waals surface area contributed by atoms with E-state index in [0.717, 1.165) is 14.2 Å². The SMILES string of the molecule is C.COC(=O)NCC(NC(=O)OC)C(=O)OC. The molecule has 0 heterocycles. The minimum absolute atomic E-state index is 0. The number of esters is 1. The van der Waals surface area contributed by atoms with Crippen LogP contribution in [0.5, 0.6) is 0 Å². The van der Waals surface area contributed by atoms with E-state index in [9.17, 15) is 14.4 Å². The third-order valence-corrected chi connectivity index (χ3v) is 1.60. The molecule has 2 amide bonds. The van der Waals surface area contributed by atoms with Gasteiger partial charge in [-0.15, -0.1) is 0 Å². The number of methoxy groups -OCH3 is 3. The monoisotopic (exact) mass is 250 g/mol. The van der Waals surface area contributed by atoms with E-state index in [-0.39, 0.29) is 14.0 Å². The molecule has 0 rings (SSSR count). The molecule has 8 heteroatoms. The molecular weight excluding hydrogens is 232 g/mol. The zero-order chi connectivity index (χ0) is 12.6. The summed E-state index contributed by atoms with van der Waals surface area (Å²) in [5.74, 6) is -0.707. The highest BCUT2D eigenvalue weighted by molar-refractivity contribution is 5.82. The van der Waals surface area contributed by atoms with E-state index in [0.29, 0.717) is 0 Å². The molecule has 2 N–H and O–H groups in total. The van der Waals surface area contributed by atoms with Gasteiger partial charge < -0.3 is 24.8 Å². The number of nitrogens with one attached hydrogen (secondary N) is 2. The summed E-state index contributed by atoms with van der Waals surface area (Å²) in [6, 6.07) is -1.03. The second-order valence-electron chi connectivity index (χ2n) is 2.58. The Morgan fingerprint density at radius 2 is 1.53 bits per heavy atom. The first-order valence-corrected chi connectivity index (χ1v) is 4.29. The lowest BCUT2D eigenvalue weighted by molar-refractivity contribution is -0.142. The van der Waals surface area contributed by atoms with E-state index in [1.54, 1.807) is 0 Å². The van der Waals surface area contributed by atoms with Crippen LogP contribution in [-0.2, 0) is 19.0 Å². The fraction of sp³-hybridized carbons (Fsp3) is 0.667. The fourth-order valence-corrected chi connectivity index (χ4v) is 0.794. The van der Waals surface area contributed by atoms with Gasteiger partial charge >= 0.3 is 18.2 Å². The molecule has 17 heavy (non-hydrogen) atoms. The summed E-state index contributed by atoms with van der Waals surface area (Å²) < 4.78 is 13.0. The van der Waals surface area contributed by atoms with Crippen molar-refractivity contribution in [1.82, 2.24) is 10.6 Å². The van der Waals surface area contributed by atoms with Gasteiger partial charge in [0.15, 0.2) is 0 Å². The molecule has 0 saturated carbocycles. The van der Waals surface area contributed by atoms with Crippen molar-refractivity contribution in [2.45, 2.75) is 13.5 Å². The van der Waals surface area contributed by atoms with Crippen molar-refractivity contribution in [2.24, 2.45) is 0 Å². The van der Waals surface area contributed by atoms with Crippen LogP contribution < -0.4 is 10.6 Å². The van der Waals surface area contributed by atoms with Gasteiger partial charge in [0.2, 0.25) is 0 Å². The molecule has 0 aromatic rings. The lowest BCUT2D eigenvalue weighted by Gasteiger charge is -2.15. The Labute approximate surface area is 99.6 Å². The molecule has 0 spiro atoms. The average Bonchev–Trinajstić information content (AvgIpc) is 2.32. The average molecular weight is 250 g/mol. The molecule has 0 aromatic carbocycles. The molecule has 8 nitrogen and oxygen atoms in total. The van der Waals surface area contributed by atoms with Crippen molar-refractivity contribution >= 4 is 18.2 Å². The molecule has 1 unspecified atom stereocenters. The first kappa shape index (κ1) is 17.4. The van der Waals surface area contributed by atoms with Crippen molar-refractivity contribution in [3.05, 3.63) is 0 Å². The Bertz CT molecular complexity index is 268. The third-order valence-electron chi connectivity index (χ3n) is 1.60. The van der Waals surface area contributed by atoms with Crippen LogP contribution in [0.15, 0.2) is 0 Å². The molecule has 0 radical (unpaired) electrons. The van der Waals surface area contributed by atoms with Crippen LogP contribution in [-0.4, -0.2) is 52.1 Å². The first-order chi connectivity index (χ1) is 7.54. The molecule has 1 atom stereocenters. The molecule has 100 valence electrons. The highest BCUT2D eigenvalue weighted by atomic mass is 16.5. The zero-order valence-corrected chi connectivity index (χ0v) is 9.23. The van der Waals surface area contributed by atoms with E-state index in [1.165, 1.54) is 7.11 Å². The largest absolute Gasteiger partial charge is 0.467 e. The normalized spacial score (nSPS) is 10.3. The van der Waals surface area contributed by atoms with E-state index in [4.69, 9.17) is 0 Å². The number of amides is 2. The van der Waals surface area contributed by atoms with Gasteiger partial charge in [0.25, 0.3) is 0 Å². The molecule has 0 saturated heterocycles. The van der Waals surface area contributed by atoms with Crippen LogP contribution in [0, 0.1) is 0 Å². The molecule has 0 aliphatic rings. The molecule has 0 aliphatic heterocycles. The Hall–Kier alpha value is -1.99. The number of rotatable bonds is 4. The topological polar surface area (TPSA) is 103 Å². The van der Waals surface area contributed by atoms with E-state index in [1.807, 2.05) is 0 Å². The zero-order valence-electron chi connectivity index (χ0n) is 9.23. The summed E-state index contributed by atoms with van der Waals surface area (Å²) in [6.45, 7) is -0.158. The predicted octanol–water partition coefficient (Wildman–Crippen LogP) is -0.124. The van der Waals surface area contributed by atoms with E-state index in [2.05, 4.69) is 24.8 Å². The third kappa shape index (κ3) is 6.98. The van der Waals surface area contributed by atoms with Gasteiger partial charge in [-0.05, 0) is 0 Å². The van der Waals surface area contributed by atoms with Gasteiger partial charge in [0, 0.05) is 0 Å². The summed E-state index contributed by atoms with van der Waals surface area (Å²) >= 11 is 0.